The minimum absolute atomic E-state index is 0.0996. The smallest absolute Gasteiger partial charge is 0.406 e. The lowest BCUT2D eigenvalue weighted by Gasteiger charge is -2.43. The van der Waals surface area contributed by atoms with Gasteiger partial charge >= 0.3 is 6.18 Å². The van der Waals surface area contributed by atoms with E-state index in [0.717, 1.165) is 18.9 Å². The molecule has 2 fully saturated rings. The van der Waals surface area contributed by atoms with Crippen LogP contribution in [0.4, 0.5) is 23.4 Å². The molecule has 2 aromatic heterocycles. The van der Waals surface area contributed by atoms with Crippen molar-refractivity contribution in [2.24, 2.45) is 0 Å². The van der Waals surface area contributed by atoms with E-state index >= 15 is 4.39 Å². The Balaban J connectivity index is 1.44. The molecule has 8 nitrogen and oxygen atoms in total. The van der Waals surface area contributed by atoms with Crippen molar-refractivity contribution in [3.8, 4) is 17.0 Å². The SMILES string of the molecule is Cc1nc2cc(-c3ccc(N(C)[C@@H]4CC5CCC([C@@H]4F)N5C)nn3)c(O)cc2c(=O)n1CC(F)(F)F. The summed E-state index contributed by atoms with van der Waals surface area (Å²) in [5.74, 6) is 0.0481. The molecule has 4 heterocycles. The third-order valence-corrected chi connectivity index (χ3v) is 7.53. The number of rotatable bonds is 4. The van der Waals surface area contributed by atoms with Crippen LogP contribution in [-0.4, -0.2) is 74.3 Å². The molecule has 0 aliphatic carbocycles. The van der Waals surface area contributed by atoms with Crippen LogP contribution in [0.2, 0.25) is 0 Å². The molecule has 1 N–H and O–H groups in total. The molecule has 192 valence electrons. The van der Waals surface area contributed by atoms with Gasteiger partial charge < -0.3 is 10.0 Å². The van der Waals surface area contributed by atoms with Gasteiger partial charge in [-0.25, -0.2) is 9.37 Å². The summed E-state index contributed by atoms with van der Waals surface area (Å²) in [7, 11) is 3.76. The number of aromatic hydroxyl groups is 1. The maximum Gasteiger partial charge on any atom is 0.406 e. The number of hydrogen-bond acceptors (Lipinski definition) is 7. The molecule has 12 heteroatoms. The number of piperidine rings is 1. The maximum atomic E-state index is 15.2. The van der Waals surface area contributed by atoms with E-state index in [1.54, 1.807) is 24.1 Å². The summed E-state index contributed by atoms with van der Waals surface area (Å²) >= 11 is 0. The van der Waals surface area contributed by atoms with Gasteiger partial charge in [0.05, 0.1) is 22.6 Å². The van der Waals surface area contributed by atoms with E-state index in [4.69, 9.17) is 0 Å². The van der Waals surface area contributed by atoms with Crippen molar-refractivity contribution in [1.29, 1.82) is 0 Å². The minimum Gasteiger partial charge on any atom is -0.507 e. The average Bonchev–Trinajstić information content (AvgIpc) is 3.08. The van der Waals surface area contributed by atoms with Crippen LogP contribution in [-0.2, 0) is 6.54 Å². The summed E-state index contributed by atoms with van der Waals surface area (Å²) in [4.78, 5) is 20.7. The van der Waals surface area contributed by atoms with Crippen LogP contribution in [0.25, 0.3) is 22.2 Å². The van der Waals surface area contributed by atoms with Crippen LogP contribution in [0.1, 0.15) is 25.1 Å². The Morgan fingerprint density at radius 1 is 1.19 bits per heavy atom. The molecule has 3 aromatic rings. The topological polar surface area (TPSA) is 87.4 Å². The molecule has 0 amide bonds. The van der Waals surface area contributed by atoms with E-state index < -0.39 is 24.5 Å². The number of alkyl halides is 4. The summed E-state index contributed by atoms with van der Waals surface area (Å²) in [6.45, 7) is -0.154. The van der Waals surface area contributed by atoms with E-state index in [2.05, 4.69) is 20.1 Å². The first-order valence-corrected chi connectivity index (χ1v) is 11.7. The first-order valence-electron chi connectivity index (χ1n) is 11.7. The maximum absolute atomic E-state index is 15.2. The van der Waals surface area contributed by atoms with Crippen molar-refractivity contribution < 1.29 is 22.7 Å². The zero-order valence-electron chi connectivity index (χ0n) is 20.0. The van der Waals surface area contributed by atoms with Crippen LogP contribution in [0.15, 0.2) is 29.1 Å². The van der Waals surface area contributed by atoms with Gasteiger partial charge in [0.15, 0.2) is 5.82 Å². The predicted molar refractivity (Wildman–Crippen MR) is 126 cm³/mol. The second-order valence-corrected chi connectivity index (χ2v) is 9.65. The summed E-state index contributed by atoms with van der Waals surface area (Å²) < 4.78 is 54.3. The second kappa shape index (κ2) is 8.68. The van der Waals surface area contributed by atoms with Crippen LogP contribution in [0.5, 0.6) is 5.75 Å². The van der Waals surface area contributed by atoms with Gasteiger partial charge in [-0.1, -0.05) is 0 Å². The fourth-order valence-electron chi connectivity index (χ4n) is 5.51. The van der Waals surface area contributed by atoms with Gasteiger partial charge in [-0.2, -0.15) is 13.2 Å². The average molecular weight is 507 g/mol. The van der Waals surface area contributed by atoms with E-state index in [-0.39, 0.29) is 45.8 Å². The normalized spacial score (nSPS) is 24.4. The molecular weight excluding hydrogens is 480 g/mol. The van der Waals surface area contributed by atoms with Gasteiger partial charge in [-0.3, -0.25) is 14.3 Å². The van der Waals surface area contributed by atoms with Crippen molar-refractivity contribution in [2.45, 2.75) is 63.2 Å². The molecule has 2 bridgehead atoms. The molecule has 4 atom stereocenters. The number of aryl methyl sites for hydroxylation is 1. The fraction of sp³-hybridized carbons (Fsp3) is 0.500. The molecule has 2 aliphatic rings. The Kier molecular flexibility index (Phi) is 5.89. The van der Waals surface area contributed by atoms with Crippen molar-refractivity contribution in [1.82, 2.24) is 24.6 Å². The number of nitrogens with zero attached hydrogens (tertiary/aromatic N) is 6. The van der Waals surface area contributed by atoms with Crippen LogP contribution in [0.3, 0.4) is 0 Å². The lowest BCUT2D eigenvalue weighted by atomic mass is 9.95. The Bertz CT molecular complexity index is 1360. The standard InChI is InChI=1S/C24H26F4N6O2/c1-12-29-17-9-14(20(35)10-15(17)23(36)34(12)11-24(26,27)28)16-5-7-21(31-30-16)33(3)19-8-13-4-6-18(22(19)25)32(13)2/h5,7,9-10,13,18-19,22,35H,4,6,8,11H2,1-3H3/t13?,18?,19-,22+/m1/s1. The van der Waals surface area contributed by atoms with Crippen molar-refractivity contribution in [3.05, 3.63) is 40.4 Å². The number of anilines is 1. The number of aromatic nitrogens is 4. The Labute approximate surface area is 204 Å². The second-order valence-electron chi connectivity index (χ2n) is 9.65. The Hall–Kier alpha value is -3.28. The highest BCUT2D eigenvalue weighted by atomic mass is 19.4. The van der Waals surface area contributed by atoms with E-state index in [1.807, 2.05) is 7.05 Å². The molecule has 0 radical (unpaired) electrons. The van der Waals surface area contributed by atoms with Crippen LogP contribution < -0.4 is 10.5 Å². The highest BCUT2D eigenvalue weighted by Crippen LogP contribution is 2.39. The van der Waals surface area contributed by atoms with Gasteiger partial charge in [0.2, 0.25) is 0 Å². The van der Waals surface area contributed by atoms with E-state index in [9.17, 15) is 23.1 Å². The molecule has 1 aromatic carbocycles. The lowest BCUT2D eigenvalue weighted by molar-refractivity contribution is -0.141. The summed E-state index contributed by atoms with van der Waals surface area (Å²) in [6, 6.07) is 5.71. The highest BCUT2D eigenvalue weighted by Gasteiger charge is 2.47. The predicted octanol–water partition coefficient (Wildman–Crippen LogP) is 3.44. The van der Waals surface area contributed by atoms with Crippen molar-refractivity contribution >= 4 is 16.7 Å². The molecule has 2 aliphatic heterocycles. The summed E-state index contributed by atoms with van der Waals surface area (Å²) in [5.41, 5.74) is -0.253. The number of benzene rings is 1. The summed E-state index contributed by atoms with van der Waals surface area (Å²) in [5, 5.41) is 18.8. The molecule has 0 spiro atoms. The zero-order chi connectivity index (χ0) is 25.9. The molecule has 2 unspecified atom stereocenters. The van der Waals surface area contributed by atoms with Gasteiger partial charge in [-0.05, 0) is 57.5 Å². The third kappa shape index (κ3) is 4.16. The van der Waals surface area contributed by atoms with E-state index in [1.165, 1.54) is 13.0 Å². The lowest BCUT2D eigenvalue weighted by Crippen LogP contribution is -2.56. The quantitative estimate of drug-likeness (QED) is 0.543. The first kappa shape index (κ1) is 24.4. The van der Waals surface area contributed by atoms with Crippen LogP contribution in [0, 0.1) is 6.92 Å². The fourth-order valence-corrected chi connectivity index (χ4v) is 5.51. The molecule has 5 rings (SSSR count). The van der Waals surface area contributed by atoms with Gasteiger partial charge in [-0.15, -0.1) is 10.2 Å². The number of fused-ring (bicyclic) bond motifs is 3. The molecule has 0 saturated carbocycles. The van der Waals surface area contributed by atoms with Crippen molar-refractivity contribution in [3.63, 3.8) is 0 Å². The third-order valence-electron chi connectivity index (χ3n) is 7.53. The highest BCUT2D eigenvalue weighted by molar-refractivity contribution is 5.86. The van der Waals surface area contributed by atoms with Gasteiger partial charge in [0, 0.05) is 24.7 Å². The number of phenolic OH excluding ortho intramolecular Hbond substituents is 1. The first-order chi connectivity index (χ1) is 16.9. The number of phenols is 1. The Morgan fingerprint density at radius 2 is 1.94 bits per heavy atom. The van der Waals surface area contributed by atoms with E-state index in [0.29, 0.717) is 22.8 Å². The number of hydrogen-bond donors (Lipinski definition) is 1. The molecule has 2 saturated heterocycles. The molecular formula is C24H26F4N6O2. The van der Waals surface area contributed by atoms with Crippen molar-refractivity contribution in [2.75, 3.05) is 19.0 Å². The summed E-state index contributed by atoms with van der Waals surface area (Å²) in [6.07, 6.45) is -3.09. The zero-order valence-corrected chi connectivity index (χ0v) is 20.0. The van der Waals surface area contributed by atoms with Gasteiger partial charge in [0.25, 0.3) is 5.56 Å². The number of halogens is 4. The monoisotopic (exact) mass is 506 g/mol. The Morgan fingerprint density at radius 3 is 2.61 bits per heavy atom. The largest absolute Gasteiger partial charge is 0.507 e. The van der Waals surface area contributed by atoms with Gasteiger partial charge in [0.1, 0.15) is 24.3 Å². The minimum atomic E-state index is -4.59. The van der Waals surface area contributed by atoms with Crippen LogP contribution >= 0.6 is 0 Å². The molecule has 36 heavy (non-hydrogen) atoms.